The van der Waals surface area contributed by atoms with Crippen LogP contribution < -0.4 is 10.9 Å². The molecule has 0 amide bonds. The lowest BCUT2D eigenvalue weighted by atomic mass is 10.1. The van der Waals surface area contributed by atoms with Crippen molar-refractivity contribution in [2.24, 2.45) is 4.40 Å². The number of aromatic nitrogens is 2. The van der Waals surface area contributed by atoms with Crippen molar-refractivity contribution in [3.8, 4) is 5.75 Å². The number of thiazole rings is 1. The van der Waals surface area contributed by atoms with E-state index in [2.05, 4.69) is 14.7 Å². The molecule has 11 heteroatoms. The van der Waals surface area contributed by atoms with Gasteiger partial charge < -0.3 is 10.4 Å². The predicted molar refractivity (Wildman–Crippen MR) is 131 cm³/mol. The van der Waals surface area contributed by atoms with Gasteiger partial charge in [0.05, 0.1) is 12.2 Å². The third kappa shape index (κ3) is 3.48. The van der Waals surface area contributed by atoms with Crippen LogP contribution in [0.15, 0.2) is 73.0 Å². The Balaban J connectivity index is 1.76. The number of nitrogens with zero attached hydrogens (tertiary/aromatic N) is 3. The first-order valence-electron chi connectivity index (χ1n) is 9.48. The zero-order chi connectivity index (χ0) is 22.5. The van der Waals surface area contributed by atoms with E-state index in [0.29, 0.717) is 20.4 Å². The van der Waals surface area contributed by atoms with E-state index in [1.807, 2.05) is 36.6 Å². The molecule has 4 aromatic rings. The molecule has 0 saturated carbocycles. The SMILES string of the molecule is CSc1nc2c(s1)c(O)c(C1=NS(O)(O)c3ccccc3N1)c(=O)n2Cc1ccccc1. The Labute approximate surface area is 192 Å². The molecule has 0 fully saturated rings. The summed E-state index contributed by atoms with van der Waals surface area (Å²) in [6.45, 7) is 0.237. The van der Waals surface area contributed by atoms with Gasteiger partial charge in [-0.1, -0.05) is 65.0 Å². The minimum atomic E-state index is -3.55. The van der Waals surface area contributed by atoms with Gasteiger partial charge in [0.25, 0.3) is 5.56 Å². The van der Waals surface area contributed by atoms with Crippen molar-refractivity contribution in [2.75, 3.05) is 11.6 Å². The lowest BCUT2D eigenvalue weighted by molar-refractivity contribution is 0.478. The lowest BCUT2D eigenvalue weighted by Crippen LogP contribution is -2.32. The molecule has 0 aliphatic carbocycles. The number of hydrogen-bond acceptors (Lipinski definition) is 9. The van der Waals surface area contributed by atoms with Crippen LogP contribution in [0.1, 0.15) is 11.1 Å². The van der Waals surface area contributed by atoms with Gasteiger partial charge in [-0.25, -0.2) is 4.98 Å². The normalized spacial score (nSPS) is 15.7. The lowest BCUT2D eigenvalue weighted by Gasteiger charge is -2.34. The van der Waals surface area contributed by atoms with Gasteiger partial charge in [0.1, 0.15) is 15.2 Å². The Morgan fingerprint density at radius 2 is 1.84 bits per heavy atom. The third-order valence-corrected chi connectivity index (χ3v) is 8.42. The number of thioether (sulfide) groups is 1. The van der Waals surface area contributed by atoms with E-state index in [1.165, 1.54) is 27.7 Å². The molecule has 0 saturated heterocycles. The molecule has 0 spiro atoms. The maximum Gasteiger partial charge on any atom is 0.267 e. The van der Waals surface area contributed by atoms with E-state index in [-0.39, 0.29) is 28.6 Å². The number of aromatic hydroxyl groups is 1. The van der Waals surface area contributed by atoms with Gasteiger partial charge in [-0.05, 0) is 24.0 Å². The van der Waals surface area contributed by atoms with Gasteiger partial charge >= 0.3 is 0 Å². The average molecular weight is 487 g/mol. The van der Waals surface area contributed by atoms with Crippen molar-refractivity contribution in [1.29, 1.82) is 0 Å². The molecule has 8 nitrogen and oxygen atoms in total. The van der Waals surface area contributed by atoms with Crippen molar-refractivity contribution >= 4 is 55.7 Å². The largest absolute Gasteiger partial charge is 0.505 e. The fraction of sp³-hybridized carbons (Fsp3) is 0.0952. The van der Waals surface area contributed by atoms with E-state index >= 15 is 0 Å². The molecule has 32 heavy (non-hydrogen) atoms. The molecule has 5 rings (SSSR count). The number of hydrogen-bond donors (Lipinski definition) is 4. The first kappa shape index (κ1) is 21.0. The molecule has 0 radical (unpaired) electrons. The summed E-state index contributed by atoms with van der Waals surface area (Å²) < 4.78 is 27.9. The number of rotatable bonds is 4. The Bertz CT molecular complexity index is 1430. The van der Waals surface area contributed by atoms with Crippen LogP contribution in [0.5, 0.6) is 5.75 Å². The van der Waals surface area contributed by atoms with Gasteiger partial charge in [-0.3, -0.25) is 18.5 Å². The topological polar surface area (TPSA) is 120 Å². The summed E-state index contributed by atoms with van der Waals surface area (Å²) in [6.07, 6.45) is 1.87. The second-order valence-corrected chi connectivity index (χ2v) is 10.7. The van der Waals surface area contributed by atoms with Crippen LogP contribution in [-0.2, 0) is 6.54 Å². The predicted octanol–water partition coefficient (Wildman–Crippen LogP) is 4.83. The zero-order valence-electron chi connectivity index (χ0n) is 16.7. The highest BCUT2D eigenvalue weighted by Gasteiger charge is 2.31. The average Bonchev–Trinajstić information content (AvgIpc) is 3.22. The first-order chi connectivity index (χ1) is 15.4. The third-order valence-electron chi connectivity index (χ3n) is 5.00. The van der Waals surface area contributed by atoms with Crippen molar-refractivity contribution in [3.05, 3.63) is 76.1 Å². The van der Waals surface area contributed by atoms with Crippen molar-refractivity contribution < 1.29 is 14.2 Å². The quantitative estimate of drug-likeness (QED) is 0.305. The summed E-state index contributed by atoms with van der Waals surface area (Å²) in [5, 5.41) is 14.1. The van der Waals surface area contributed by atoms with Crippen molar-refractivity contribution in [1.82, 2.24) is 9.55 Å². The van der Waals surface area contributed by atoms with Crippen LogP contribution in [-0.4, -0.2) is 35.9 Å². The number of nitrogens with one attached hydrogen (secondary N) is 1. The van der Waals surface area contributed by atoms with Gasteiger partial charge in [-0.15, -0.1) is 15.7 Å². The molecule has 4 N–H and O–H groups in total. The zero-order valence-corrected chi connectivity index (χ0v) is 19.2. The highest BCUT2D eigenvalue weighted by atomic mass is 32.3. The number of amidine groups is 1. The van der Waals surface area contributed by atoms with Crippen LogP contribution in [0.2, 0.25) is 0 Å². The summed E-state index contributed by atoms with van der Waals surface area (Å²) >= 11 is 2.68. The second kappa shape index (κ2) is 7.94. The minimum Gasteiger partial charge on any atom is -0.505 e. The van der Waals surface area contributed by atoms with Crippen LogP contribution in [0.25, 0.3) is 10.3 Å². The second-order valence-electron chi connectivity index (χ2n) is 7.02. The number of fused-ring (bicyclic) bond motifs is 2. The molecule has 0 bridgehead atoms. The summed E-state index contributed by atoms with van der Waals surface area (Å²) in [5.41, 5.74) is 1.02. The monoisotopic (exact) mass is 486 g/mol. The molecule has 1 aliphatic rings. The van der Waals surface area contributed by atoms with E-state index in [4.69, 9.17) is 0 Å². The van der Waals surface area contributed by atoms with E-state index in [1.54, 1.807) is 24.3 Å². The maximum absolute atomic E-state index is 13.6. The first-order valence-corrected chi connectivity index (χ1v) is 13.0. The number of para-hydroxylation sites is 1. The highest BCUT2D eigenvalue weighted by Crippen LogP contribution is 2.55. The maximum atomic E-state index is 13.6. The van der Waals surface area contributed by atoms with Crippen LogP contribution in [0.3, 0.4) is 0 Å². The van der Waals surface area contributed by atoms with Gasteiger partial charge in [0.15, 0.2) is 21.6 Å². The summed E-state index contributed by atoms with van der Waals surface area (Å²) in [4.78, 5) is 18.4. The molecule has 0 unspecified atom stereocenters. The number of benzene rings is 2. The van der Waals surface area contributed by atoms with Crippen molar-refractivity contribution in [3.63, 3.8) is 0 Å². The molecule has 3 heterocycles. The van der Waals surface area contributed by atoms with E-state index in [9.17, 15) is 19.0 Å². The molecule has 0 atom stereocenters. The number of anilines is 1. The Morgan fingerprint density at radius 3 is 2.59 bits per heavy atom. The van der Waals surface area contributed by atoms with Gasteiger partial charge in [0, 0.05) is 0 Å². The molecular weight excluding hydrogens is 468 g/mol. The van der Waals surface area contributed by atoms with E-state index in [0.717, 1.165) is 5.56 Å². The summed E-state index contributed by atoms with van der Waals surface area (Å²) in [7, 11) is -3.55. The Kier molecular flexibility index (Phi) is 5.22. The van der Waals surface area contributed by atoms with Crippen LogP contribution in [0, 0.1) is 0 Å². The standard InChI is InChI=1S/C21H18N4O4S3/c1-30-21-23-19-17(31-21)16(26)15(20(27)25(19)11-12-7-3-2-4-8-12)18-22-13-9-5-6-10-14(13)32(28,29)24-18/h2-10,26,28-29H,11H2,1H3,(H,22,24). The van der Waals surface area contributed by atoms with Crippen molar-refractivity contribution in [2.45, 2.75) is 15.8 Å². The molecule has 2 aromatic heterocycles. The fourth-order valence-corrected chi connectivity index (χ4v) is 6.21. The van der Waals surface area contributed by atoms with Crippen LogP contribution in [0.4, 0.5) is 5.69 Å². The number of pyridine rings is 1. The highest BCUT2D eigenvalue weighted by molar-refractivity contribution is 8.23. The van der Waals surface area contributed by atoms with Gasteiger partial charge in [-0.2, -0.15) is 0 Å². The molecule has 164 valence electrons. The van der Waals surface area contributed by atoms with Crippen LogP contribution >= 0.6 is 33.9 Å². The van der Waals surface area contributed by atoms with E-state index < -0.39 is 16.3 Å². The Hall–Kier alpha value is -2.83. The Morgan fingerprint density at radius 1 is 1.12 bits per heavy atom. The molecular formula is C21H18N4O4S3. The smallest absolute Gasteiger partial charge is 0.267 e. The summed E-state index contributed by atoms with van der Waals surface area (Å²) in [5.74, 6) is -0.373. The minimum absolute atomic E-state index is 0.0889. The molecule has 2 aromatic carbocycles. The fourth-order valence-electron chi connectivity index (χ4n) is 3.53. The van der Waals surface area contributed by atoms with Gasteiger partial charge in [0.2, 0.25) is 0 Å². The summed E-state index contributed by atoms with van der Waals surface area (Å²) in [6, 6.07) is 16.1. The molecule has 1 aliphatic heterocycles.